The second-order valence-electron chi connectivity index (χ2n) is 7.45. The summed E-state index contributed by atoms with van der Waals surface area (Å²) in [7, 11) is 0. The lowest BCUT2D eigenvalue weighted by molar-refractivity contribution is -0.121. The van der Waals surface area contributed by atoms with Gasteiger partial charge in [0.15, 0.2) is 0 Å². The lowest BCUT2D eigenvalue weighted by Crippen LogP contribution is -2.35. The largest absolute Gasteiger partial charge is 0.356 e. The highest BCUT2D eigenvalue weighted by Crippen LogP contribution is 2.18. The average Bonchev–Trinajstić information content (AvgIpc) is 2.75. The standard InChI is InChI=1S/C23H27ClFN3O2.ClH/c24-18-9-10-19(20(25)15-18)23(30)28-13-5-4-11-26-21(17-7-2-1-3-8-17)16-22(29)27-12-6-14-28;/h1-3,7-10,15,21,26H,4-6,11-14,16H2,(H,27,29);1H. The molecule has 2 aromatic rings. The van der Waals surface area contributed by atoms with Crippen LogP contribution in [0.3, 0.4) is 0 Å². The van der Waals surface area contributed by atoms with Crippen molar-refractivity contribution in [3.8, 4) is 0 Å². The van der Waals surface area contributed by atoms with Crippen LogP contribution in [-0.4, -0.2) is 42.9 Å². The molecule has 0 radical (unpaired) electrons. The molecule has 1 aliphatic heterocycles. The van der Waals surface area contributed by atoms with E-state index in [1.165, 1.54) is 12.1 Å². The number of carbonyl (C=O) groups excluding carboxylic acids is 2. The Morgan fingerprint density at radius 3 is 2.52 bits per heavy atom. The van der Waals surface area contributed by atoms with Gasteiger partial charge in [0.05, 0.1) is 5.56 Å². The van der Waals surface area contributed by atoms with E-state index in [0.717, 1.165) is 31.0 Å². The van der Waals surface area contributed by atoms with Gasteiger partial charge >= 0.3 is 0 Å². The van der Waals surface area contributed by atoms with Gasteiger partial charge in [-0.3, -0.25) is 9.59 Å². The van der Waals surface area contributed by atoms with E-state index in [1.54, 1.807) is 4.90 Å². The van der Waals surface area contributed by atoms with Crippen molar-refractivity contribution < 1.29 is 14.0 Å². The minimum atomic E-state index is -0.615. The van der Waals surface area contributed by atoms with Crippen LogP contribution < -0.4 is 10.6 Å². The Morgan fingerprint density at radius 1 is 1.03 bits per heavy atom. The number of halogens is 3. The first-order valence-corrected chi connectivity index (χ1v) is 10.7. The summed E-state index contributed by atoms with van der Waals surface area (Å²) in [5.41, 5.74) is 1.10. The Bertz CT molecular complexity index is 867. The van der Waals surface area contributed by atoms with Gasteiger partial charge in [-0.1, -0.05) is 41.9 Å². The van der Waals surface area contributed by atoms with Crippen LogP contribution in [0.15, 0.2) is 48.5 Å². The summed E-state index contributed by atoms with van der Waals surface area (Å²) in [6.07, 6.45) is 2.60. The fourth-order valence-electron chi connectivity index (χ4n) is 3.60. The summed E-state index contributed by atoms with van der Waals surface area (Å²) in [5, 5.41) is 6.65. The number of nitrogens with zero attached hydrogens (tertiary/aromatic N) is 1. The molecule has 0 saturated carbocycles. The first-order chi connectivity index (χ1) is 14.5. The molecule has 0 aromatic heterocycles. The summed E-state index contributed by atoms with van der Waals surface area (Å²) in [4.78, 5) is 26.9. The zero-order valence-electron chi connectivity index (χ0n) is 17.3. The molecule has 0 bridgehead atoms. The van der Waals surface area contributed by atoms with Crippen LogP contribution in [0, 0.1) is 5.82 Å². The van der Waals surface area contributed by atoms with E-state index in [9.17, 15) is 14.0 Å². The van der Waals surface area contributed by atoms with Crippen molar-refractivity contribution in [2.24, 2.45) is 0 Å². The fraction of sp³-hybridized carbons (Fsp3) is 0.391. The third-order valence-corrected chi connectivity index (χ3v) is 5.45. The highest BCUT2D eigenvalue weighted by molar-refractivity contribution is 6.30. The van der Waals surface area contributed by atoms with Crippen LogP contribution >= 0.6 is 24.0 Å². The van der Waals surface area contributed by atoms with Crippen molar-refractivity contribution in [2.75, 3.05) is 26.2 Å². The van der Waals surface area contributed by atoms with Crippen LogP contribution in [0.5, 0.6) is 0 Å². The van der Waals surface area contributed by atoms with Gasteiger partial charge in [-0.25, -0.2) is 4.39 Å². The van der Waals surface area contributed by atoms with E-state index >= 15 is 0 Å². The molecule has 1 unspecified atom stereocenters. The van der Waals surface area contributed by atoms with Crippen molar-refractivity contribution in [3.63, 3.8) is 0 Å². The summed E-state index contributed by atoms with van der Waals surface area (Å²) in [6.45, 7) is 2.18. The molecular weight excluding hydrogens is 440 g/mol. The predicted molar refractivity (Wildman–Crippen MR) is 123 cm³/mol. The minimum absolute atomic E-state index is 0. The smallest absolute Gasteiger partial charge is 0.256 e. The molecule has 0 spiro atoms. The molecule has 3 rings (SSSR count). The molecule has 2 amide bonds. The van der Waals surface area contributed by atoms with Crippen molar-refractivity contribution in [3.05, 3.63) is 70.5 Å². The van der Waals surface area contributed by atoms with Crippen molar-refractivity contribution in [1.82, 2.24) is 15.5 Å². The zero-order chi connectivity index (χ0) is 21.3. The quantitative estimate of drug-likeness (QED) is 0.689. The maximum absolute atomic E-state index is 14.2. The third kappa shape index (κ3) is 7.49. The molecule has 1 aliphatic rings. The number of nitrogens with one attached hydrogen (secondary N) is 2. The van der Waals surface area contributed by atoms with Crippen molar-refractivity contribution in [2.45, 2.75) is 31.7 Å². The van der Waals surface area contributed by atoms with Gasteiger partial charge in [0.1, 0.15) is 5.82 Å². The van der Waals surface area contributed by atoms with Crippen molar-refractivity contribution >= 4 is 35.8 Å². The van der Waals surface area contributed by atoms with Gasteiger partial charge in [-0.2, -0.15) is 0 Å². The minimum Gasteiger partial charge on any atom is -0.356 e. The molecule has 2 aromatic carbocycles. The highest BCUT2D eigenvalue weighted by Gasteiger charge is 2.20. The summed E-state index contributed by atoms with van der Waals surface area (Å²) in [5.74, 6) is -0.992. The number of hydrogen-bond acceptors (Lipinski definition) is 3. The normalized spacial score (nSPS) is 18.6. The Kier molecular flexibility index (Phi) is 10.2. The molecule has 1 atom stereocenters. The van der Waals surface area contributed by atoms with Gasteiger partial charge < -0.3 is 15.5 Å². The molecule has 0 aliphatic carbocycles. The van der Waals surface area contributed by atoms with Gasteiger partial charge in [-0.05, 0) is 49.6 Å². The molecule has 31 heavy (non-hydrogen) atoms. The van der Waals surface area contributed by atoms with Crippen LogP contribution in [0.1, 0.15) is 47.6 Å². The van der Waals surface area contributed by atoms with Gasteiger partial charge in [0.2, 0.25) is 5.91 Å². The molecule has 168 valence electrons. The van der Waals surface area contributed by atoms with Gasteiger partial charge in [-0.15, -0.1) is 12.4 Å². The number of amides is 2. The van der Waals surface area contributed by atoms with E-state index < -0.39 is 5.82 Å². The van der Waals surface area contributed by atoms with E-state index in [-0.39, 0.29) is 40.8 Å². The van der Waals surface area contributed by atoms with E-state index in [0.29, 0.717) is 32.5 Å². The number of hydrogen-bond donors (Lipinski definition) is 2. The molecule has 1 saturated heterocycles. The summed E-state index contributed by atoms with van der Waals surface area (Å²) in [6, 6.07) is 14.0. The maximum Gasteiger partial charge on any atom is 0.256 e. The van der Waals surface area contributed by atoms with E-state index in [4.69, 9.17) is 11.6 Å². The fourth-order valence-corrected chi connectivity index (χ4v) is 3.76. The predicted octanol–water partition coefficient (Wildman–Crippen LogP) is 4.36. The van der Waals surface area contributed by atoms with Gasteiger partial charge in [0.25, 0.3) is 5.91 Å². The second kappa shape index (κ2) is 12.6. The monoisotopic (exact) mass is 467 g/mol. The molecule has 1 heterocycles. The number of carbonyl (C=O) groups is 2. The molecule has 1 fully saturated rings. The Labute approximate surface area is 193 Å². The summed E-state index contributed by atoms with van der Waals surface area (Å²) >= 11 is 5.80. The molecule has 8 heteroatoms. The Hall–Kier alpha value is -2.15. The lowest BCUT2D eigenvalue weighted by atomic mass is 10.0. The van der Waals surface area contributed by atoms with Gasteiger partial charge in [0, 0.05) is 37.1 Å². The van der Waals surface area contributed by atoms with E-state index in [2.05, 4.69) is 10.6 Å². The maximum atomic E-state index is 14.2. The second-order valence-corrected chi connectivity index (χ2v) is 7.88. The average molecular weight is 468 g/mol. The van der Waals surface area contributed by atoms with Crippen LogP contribution in [-0.2, 0) is 4.79 Å². The number of rotatable bonds is 2. The Morgan fingerprint density at radius 2 is 1.77 bits per heavy atom. The topological polar surface area (TPSA) is 61.4 Å². The Balaban J connectivity index is 0.00000341. The van der Waals surface area contributed by atoms with E-state index in [1.807, 2.05) is 30.3 Å². The SMILES string of the molecule is Cl.O=C1CC(c2ccccc2)NCCCCN(C(=O)c2ccc(Cl)cc2F)CCCN1. The third-order valence-electron chi connectivity index (χ3n) is 5.21. The zero-order valence-corrected chi connectivity index (χ0v) is 18.9. The van der Waals surface area contributed by atoms with Crippen LogP contribution in [0.2, 0.25) is 5.02 Å². The molecular formula is C23H28Cl2FN3O2. The van der Waals surface area contributed by atoms with Crippen LogP contribution in [0.25, 0.3) is 0 Å². The molecule has 2 N–H and O–H groups in total. The first-order valence-electron chi connectivity index (χ1n) is 10.3. The van der Waals surface area contributed by atoms with Crippen LogP contribution in [0.4, 0.5) is 4.39 Å². The van der Waals surface area contributed by atoms with Crippen molar-refractivity contribution in [1.29, 1.82) is 0 Å². The summed E-state index contributed by atoms with van der Waals surface area (Å²) < 4.78 is 14.2. The first kappa shape index (κ1) is 25.1. The highest BCUT2D eigenvalue weighted by atomic mass is 35.5. The number of benzene rings is 2. The lowest BCUT2D eigenvalue weighted by Gasteiger charge is -2.23. The molecule has 5 nitrogen and oxygen atoms in total.